The summed E-state index contributed by atoms with van der Waals surface area (Å²) in [6, 6.07) is 3.88. The van der Waals surface area contributed by atoms with Crippen molar-refractivity contribution < 1.29 is 0 Å². The lowest BCUT2D eigenvalue weighted by Crippen LogP contribution is -2.10. The topological polar surface area (TPSA) is 30.2 Å². The number of hydrogen-bond donors (Lipinski definition) is 0. The fourth-order valence-electron chi connectivity index (χ4n) is 1.66. The molecule has 0 unspecified atom stereocenters. The Bertz CT molecular complexity index is 523. The molecule has 0 bridgehead atoms. The van der Waals surface area contributed by atoms with Crippen molar-refractivity contribution in [1.29, 1.82) is 0 Å². The molecule has 0 fully saturated rings. The van der Waals surface area contributed by atoms with E-state index < -0.39 is 0 Å². The quantitative estimate of drug-likeness (QED) is 0.713. The van der Waals surface area contributed by atoms with Gasteiger partial charge in [-0.2, -0.15) is 0 Å². The Hall–Kier alpha value is -1.09. The SMILES string of the molecule is Cc1cc(Cl)n2nc(CC(C)(C)C)nc2c1. The molecule has 2 heterocycles. The molecule has 0 atom stereocenters. The van der Waals surface area contributed by atoms with Crippen LogP contribution in [0, 0.1) is 12.3 Å². The number of fused-ring (bicyclic) bond motifs is 1. The lowest BCUT2D eigenvalue weighted by molar-refractivity contribution is 0.401. The number of aryl methyl sites for hydroxylation is 1. The van der Waals surface area contributed by atoms with E-state index in [0.717, 1.165) is 23.5 Å². The van der Waals surface area contributed by atoms with Crippen LogP contribution in [0.3, 0.4) is 0 Å². The number of pyridine rings is 1. The van der Waals surface area contributed by atoms with E-state index in [2.05, 4.69) is 30.9 Å². The second-order valence-corrected chi connectivity index (χ2v) is 5.78. The van der Waals surface area contributed by atoms with E-state index >= 15 is 0 Å². The van der Waals surface area contributed by atoms with Crippen LogP contribution in [0.2, 0.25) is 5.15 Å². The molecule has 0 radical (unpaired) electrons. The van der Waals surface area contributed by atoms with E-state index in [1.54, 1.807) is 4.52 Å². The lowest BCUT2D eigenvalue weighted by atomic mass is 9.92. The third-order valence-electron chi connectivity index (χ3n) is 2.27. The van der Waals surface area contributed by atoms with Crippen molar-refractivity contribution >= 4 is 17.2 Å². The Balaban J connectivity index is 2.48. The van der Waals surface area contributed by atoms with Crippen LogP contribution < -0.4 is 0 Å². The Kier molecular flexibility index (Phi) is 2.66. The molecule has 0 aliphatic heterocycles. The van der Waals surface area contributed by atoms with Crippen LogP contribution >= 0.6 is 11.6 Å². The molecule has 0 spiro atoms. The van der Waals surface area contributed by atoms with E-state index in [4.69, 9.17) is 11.6 Å². The normalized spacial score (nSPS) is 12.3. The molecular weight excluding hydrogens is 222 g/mol. The Morgan fingerprint density at radius 1 is 1.31 bits per heavy atom. The molecule has 0 aliphatic carbocycles. The van der Waals surface area contributed by atoms with Gasteiger partial charge in [-0.05, 0) is 30.0 Å². The van der Waals surface area contributed by atoms with Crippen LogP contribution in [0.15, 0.2) is 12.1 Å². The average molecular weight is 238 g/mol. The van der Waals surface area contributed by atoms with Gasteiger partial charge < -0.3 is 0 Å². The van der Waals surface area contributed by atoms with Crippen molar-refractivity contribution in [3.8, 4) is 0 Å². The molecule has 0 saturated heterocycles. The standard InChI is InChI=1S/C12H16ClN3/c1-8-5-9(13)16-11(6-8)14-10(15-16)7-12(2,3)4/h5-6H,7H2,1-4H3. The minimum atomic E-state index is 0.187. The first-order valence-electron chi connectivity index (χ1n) is 5.37. The molecule has 0 aromatic carbocycles. The van der Waals surface area contributed by atoms with E-state index in [1.807, 2.05) is 19.1 Å². The highest BCUT2D eigenvalue weighted by atomic mass is 35.5. The molecule has 4 heteroatoms. The predicted molar refractivity (Wildman–Crippen MR) is 65.9 cm³/mol. The van der Waals surface area contributed by atoms with E-state index in [9.17, 15) is 0 Å². The summed E-state index contributed by atoms with van der Waals surface area (Å²) in [4.78, 5) is 4.49. The molecule has 2 rings (SSSR count). The Morgan fingerprint density at radius 2 is 2.00 bits per heavy atom. The molecule has 3 nitrogen and oxygen atoms in total. The molecule has 0 saturated carbocycles. The number of hydrogen-bond acceptors (Lipinski definition) is 2. The molecule has 2 aromatic rings. The van der Waals surface area contributed by atoms with Crippen LogP contribution in [0.1, 0.15) is 32.2 Å². The zero-order valence-corrected chi connectivity index (χ0v) is 10.8. The van der Waals surface area contributed by atoms with Crippen molar-refractivity contribution in [2.24, 2.45) is 5.41 Å². The maximum absolute atomic E-state index is 6.11. The largest absolute Gasteiger partial charge is 0.212 e. The molecule has 86 valence electrons. The first-order valence-corrected chi connectivity index (χ1v) is 5.75. The van der Waals surface area contributed by atoms with E-state index in [-0.39, 0.29) is 5.41 Å². The summed E-state index contributed by atoms with van der Waals surface area (Å²) in [6.07, 6.45) is 0.851. The molecule has 0 amide bonds. The van der Waals surface area contributed by atoms with Crippen molar-refractivity contribution in [1.82, 2.24) is 14.6 Å². The van der Waals surface area contributed by atoms with Crippen molar-refractivity contribution in [2.45, 2.75) is 34.1 Å². The second-order valence-electron chi connectivity index (χ2n) is 5.39. The maximum Gasteiger partial charge on any atom is 0.157 e. The predicted octanol–water partition coefficient (Wildman–Crippen LogP) is 3.28. The molecule has 16 heavy (non-hydrogen) atoms. The third-order valence-corrected chi connectivity index (χ3v) is 2.54. The number of halogens is 1. The third kappa shape index (κ3) is 2.35. The minimum Gasteiger partial charge on any atom is -0.212 e. The molecule has 0 N–H and O–H groups in total. The summed E-state index contributed by atoms with van der Waals surface area (Å²) < 4.78 is 1.69. The van der Waals surface area contributed by atoms with Crippen LogP contribution in [0.4, 0.5) is 0 Å². The number of nitrogens with zero attached hydrogens (tertiary/aromatic N) is 3. The van der Waals surface area contributed by atoms with Crippen molar-refractivity contribution in [3.05, 3.63) is 28.7 Å². The van der Waals surface area contributed by atoms with Gasteiger partial charge in [0.25, 0.3) is 0 Å². The first-order chi connectivity index (χ1) is 7.35. The van der Waals surface area contributed by atoms with Gasteiger partial charge in [-0.25, -0.2) is 9.50 Å². The Morgan fingerprint density at radius 3 is 2.62 bits per heavy atom. The number of rotatable bonds is 1. The van der Waals surface area contributed by atoms with E-state index in [0.29, 0.717) is 5.15 Å². The highest BCUT2D eigenvalue weighted by molar-refractivity contribution is 6.29. The Labute approximate surface area is 100 Å². The van der Waals surface area contributed by atoms with Gasteiger partial charge in [0.1, 0.15) is 5.15 Å². The summed E-state index contributed by atoms with van der Waals surface area (Å²) in [6.45, 7) is 8.52. The zero-order chi connectivity index (χ0) is 11.9. The monoisotopic (exact) mass is 237 g/mol. The smallest absolute Gasteiger partial charge is 0.157 e. The van der Waals surface area contributed by atoms with E-state index in [1.165, 1.54) is 0 Å². The van der Waals surface area contributed by atoms with Gasteiger partial charge in [-0.3, -0.25) is 0 Å². The van der Waals surface area contributed by atoms with Crippen LogP contribution in [-0.4, -0.2) is 14.6 Å². The minimum absolute atomic E-state index is 0.187. The van der Waals surface area contributed by atoms with Gasteiger partial charge in [0.2, 0.25) is 0 Å². The first kappa shape index (κ1) is 11.4. The fraction of sp³-hybridized carbons (Fsp3) is 0.500. The van der Waals surface area contributed by atoms with Gasteiger partial charge in [-0.15, -0.1) is 5.10 Å². The summed E-state index contributed by atoms with van der Waals surface area (Å²) >= 11 is 6.11. The summed E-state index contributed by atoms with van der Waals surface area (Å²) in [5, 5.41) is 5.03. The van der Waals surface area contributed by atoms with Gasteiger partial charge in [0, 0.05) is 6.42 Å². The molecular formula is C12H16ClN3. The van der Waals surface area contributed by atoms with Crippen molar-refractivity contribution in [3.63, 3.8) is 0 Å². The average Bonchev–Trinajstić information content (AvgIpc) is 2.43. The fourth-order valence-corrected chi connectivity index (χ4v) is 1.96. The lowest BCUT2D eigenvalue weighted by Gasteiger charge is -2.14. The molecule has 0 aliphatic rings. The van der Waals surface area contributed by atoms with Gasteiger partial charge in [0.05, 0.1) is 0 Å². The number of aromatic nitrogens is 3. The highest BCUT2D eigenvalue weighted by Crippen LogP contribution is 2.20. The van der Waals surface area contributed by atoms with Gasteiger partial charge in [0.15, 0.2) is 11.5 Å². The van der Waals surface area contributed by atoms with Gasteiger partial charge >= 0.3 is 0 Å². The maximum atomic E-state index is 6.11. The van der Waals surface area contributed by atoms with Crippen LogP contribution in [-0.2, 0) is 6.42 Å². The second kappa shape index (κ2) is 3.74. The summed E-state index contributed by atoms with van der Waals surface area (Å²) in [5.74, 6) is 0.847. The summed E-state index contributed by atoms with van der Waals surface area (Å²) in [5.41, 5.74) is 2.11. The zero-order valence-electron chi connectivity index (χ0n) is 10.1. The highest BCUT2D eigenvalue weighted by Gasteiger charge is 2.15. The van der Waals surface area contributed by atoms with Crippen molar-refractivity contribution in [2.75, 3.05) is 0 Å². The van der Waals surface area contributed by atoms with Crippen LogP contribution in [0.25, 0.3) is 5.65 Å². The summed E-state index contributed by atoms with van der Waals surface area (Å²) in [7, 11) is 0. The molecule has 2 aromatic heterocycles. The van der Waals surface area contributed by atoms with Crippen LogP contribution in [0.5, 0.6) is 0 Å². The van der Waals surface area contributed by atoms with Gasteiger partial charge in [-0.1, -0.05) is 32.4 Å².